The SMILES string of the molecule is CCC(N)CSCc1ccc(C)o1. The lowest BCUT2D eigenvalue weighted by atomic mass is 10.3. The predicted molar refractivity (Wildman–Crippen MR) is 57.9 cm³/mol. The van der Waals surface area contributed by atoms with Crippen LogP contribution in [0.2, 0.25) is 0 Å². The lowest BCUT2D eigenvalue weighted by Crippen LogP contribution is -2.21. The number of nitrogens with two attached hydrogens (primary N) is 1. The first kappa shape index (κ1) is 10.7. The molecule has 0 spiro atoms. The highest BCUT2D eigenvalue weighted by Crippen LogP contribution is 2.15. The van der Waals surface area contributed by atoms with E-state index in [1.54, 1.807) is 0 Å². The first-order valence-electron chi connectivity index (χ1n) is 4.61. The third-order valence-electron chi connectivity index (χ3n) is 1.90. The maximum Gasteiger partial charge on any atom is 0.114 e. The van der Waals surface area contributed by atoms with E-state index in [0.29, 0.717) is 6.04 Å². The van der Waals surface area contributed by atoms with Crippen molar-refractivity contribution in [2.75, 3.05) is 5.75 Å². The molecule has 0 aliphatic rings. The molecule has 1 unspecified atom stereocenters. The molecule has 0 aliphatic heterocycles. The molecule has 74 valence electrons. The van der Waals surface area contributed by atoms with Crippen LogP contribution in [0.3, 0.4) is 0 Å². The van der Waals surface area contributed by atoms with Gasteiger partial charge in [0, 0.05) is 11.8 Å². The molecule has 1 atom stereocenters. The van der Waals surface area contributed by atoms with Crippen LogP contribution in [0.15, 0.2) is 16.5 Å². The van der Waals surface area contributed by atoms with Crippen LogP contribution >= 0.6 is 11.8 Å². The largest absolute Gasteiger partial charge is 0.466 e. The Bertz CT molecular complexity index is 247. The van der Waals surface area contributed by atoms with E-state index in [9.17, 15) is 0 Å². The van der Waals surface area contributed by atoms with Crippen molar-refractivity contribution in [1.29, 1.82) is 0 Å². The van der Waals surface area contributed by atoms with E-state index in [2.05, 4.69) is 6.92 Å². The van der Waals surface area contributed by atoms with Gasteiger partial charge in [0.25, 0.3) is 0 Å². The summed E-state index contributed by atoms with van der Waals surface area (Å²) in [4.78, 5) is 0. The second-order valence-corrected chi connectivity index (χ2v) is 4.23. The molecule has 0 saturated heterocycles. The monoisotopic (exact) mass is 199 g/mol. The Hall–Kier alpha value is -0.410. The highest BCUT2D eigenvalue weighted by atomic mass is 32.2. The third kappa shape index (κ3) is 3.87. The van der Waals surface area contributed by atoms with E-state index < -0.39 is 0 Å². The van der Waals surface area contributed by atoms with Crippen LogP contribution in [-0.2, 0) is 5.75 Å². The second-order valence-electron chi connectivity index (χ2n) is 3.20. The van der Waals surface area contributed by atoms with E-state index in [-0.39, 0.29) is 0 Å². The van der Waals surface area contributed by atoms with Crippen molar-refractivity contribution in [2.24, 2.45) is 5.73 Å². The number of rotatable bonds is 5. The van der Waals surface area contributed by atoms with Gasteiger partial charge in [-0.2, -0.15) is 11.8 Å². The molecule has 1 aromatic rings. The van der Waals surface area contributed by atoms with Gasteiger partial charge in [0.05, 0.1) is 5.75 Å². The first-order chi connectivity index (χ1) is 6.22. The Labute approximate surface area is 83.9 Å². The molecule has 0 radical (unpaired) electrons. The molecule has 3 heteroatoms. The van der Waals surface area contributed by atoms with Crippen molar-refractivity contribution in [3.05, 3.63) is 23.7 Å². The zero-order valence-electron chi connectivity index (χ0n) is 8.25. The number of thioether (sulfide) groups is 1. The van der Waals surface area contributed by atoms with Gasteiger partial charge < -0.3 is 10.2 Å². The van der Waals surface area contributed by atoms with Gasteiger partial charge in [0.1, 0.15) is 11.5 Å². The van der Waals surface area contributed by atoms with Crippen LogP contribution in [0.5, 0.6) is 0 Å². The molecule has 2 nitrogen and oxygen atoms in total. The summed E-state index contributed by atoms with van der Waals surface area (Å²) in [6.07, 6.45) is 1.05. The molecule has 2 N–H and O–H groups in total. The summed E-state index contributed by atoms with van der Waals surface area (Å²) >= 11 is 1.83. The van der Waals surface area contributed by atoms with E-state index in [1.165, 1.54) is 0 Å². The van der Waals surface area contributed by atoms with Crippen molar-refractivity contribution in [1.82, 2.24) is 0 Å². The first-order valence-corrected chi connectivity index (χ1v) is 5.76. The normalized spacial score (nSPS) is 13.2. The summed E-state index contributed by atoms with van der Waals surface area (Å²) in [6.45, 7) is 4.08. The van der Waals surface area contributed by atoms with Crippen molar-refractivity contribution in [3.63, 3.8) is 0 Å². The molecule has 1 aromatic heterocycles. The smallest absolute Gasteiger partial charge is 0.114 e. The lowest BCUT2D eigenvalue weighted by molar-refractivity contribution is 0.501. The topological polar surface area (TPSA) is 39.2 Å². The zero-order chi connectivity index (χ0) is 9.68. The maximum absolute atomic E-state index is 5.79. The molecule has 13 heavy (non-hydrogen) atoms. The van der Waals surface area contributed by atoms with Crippen LogP contribution in [0.25, 0.3) is 0 Å². The quantitative estimate of drug-likeness (QED) is 0.792. The highest BCUT2D eigenvalue weighted by Gasteiger charge is 2.01. The minimum Gasteiger partial charge on any atom is -0.466 e. The molecule has 0 aliphatic carbocycles. The standard InChI is InChI=1S/C10H17NOS/c1-3-9(11)6-13-7-10-5-4-8(2)12-10/h4-5,9H,3,6-7,11H2,1-2H3. The summed E-state index contributed by atoms with van der Waals surface area (Å²) in [7, 11) is 0. The molecule has 0 amide bonds. The molecular formula is C10H17NOS. The molecular weight excluding hydrogens is 182 g/mol. The van der Waals surface area contributed by atoms with E-state index >= 15 is 0 Å². The van der Waals surface area contributed by atoms with Gasteiger partial charge in [-0.15, -0.1) is 0 Å². The Kier molecular flexibility index (Phi) is 4.39. The predicted octanol–water partition coefficient (Wildman–Crippen LogP) is 2.56. The van der Waals surface area contributed by atoms with Gasteiger partial charge in [-0.05, 0) is 25.5 Å². The van der Waals surface area contributed by atoms with Gasteiger partial charge in [-0.1, -0.05) is 6.92 Å². The maximum atomic E-state index is 5.79. The number of hydrogen-bond acceptors (Lipinski definition) is 3. The minimum absolute atomic E-state index is 0.320. The summed E-state index contributed by atoms with van der Waals surface area (Å²) in [5, 5.41) is 0. The Balaban J connectivity index is 2.20. The summed E-state index contributed by atoms with van der Waals surface area (Å²) in [6, 6.07) is 4.34. The molecule has 0 fully saturated rings. The average molecular weight is 199 g/mol. The van der Waals surface area contributed by atoms with E-state index in [0.717, 1.165) is 29.4 Å². The fraction of sp³-hybridized carbons (Fsp3) is 0.600. The molecule has 1 heterocycles. The minimum atomic E-state index is 0.320. The lowest BCUT2D eigenvalue weighted by Gasteiger charge is -2.06. The van der Waals surface area contributed by atoms with Crippen molar-refractivity contribution >= 4 is 11.8 Å². The Morgan fingerprint density at radius 2 is 2.31 bits per heavy atom. The molecule has 0 saturated carbocycles. The van der Waals surface area contributed by atoms with Crippen LogP contribution in [0, 0.1) is 6.92 Å². The van der Waals surface area contributed by atoms with Crippen LogP contribution in [0.1, 0.15) is 24.9 Å². The van der Waals surface area contributed by atoms with E-state index in [4.69, 9.17) is 10.2 Å². The number of hydrogen-bond donors (Lipinski definition) is 1. The number of aryl methyl sites for hydroxylation is 1. The van der Waals surface area contributed by atoms with Gasteiger partial charge in [0.2, 0.25) is 0 Å². The van der Waals surface area contributed by atoms with Crippen molar-refractivity contribution in [2.45, 2.75) is 32.1 Å². The average Bonchev–Trinajstić information content (AvgIpc) is 2.51. The van der Waals surface area contributed by atoms with Crippen LogP contribution in [0.4, 0.5) is 0 Å². The Morgan fingerprint density at radius 3 is 2.85 bits per heavy atom. The summed E-state index contributed by atoms with van der Waals surface area (Å²) < 4.78 is 5.44. The van der Waals surface area contributed by atoms with Gasteiger partial charge in [-0.25, -0.2) is 0 Å². The van der Waals surface area contributed by atoms with Crippen molar-refractivity contribution in [3.8, 4) is 0 Å². The van der Waals surface area contributed by atoms with Crippen LogP contribution < -0.4 is 5.73 Å². The second kappa shape index (κ2) is 5.35. The number of furan rings is 1. The summed E-state index contributed by atoms with van der Waals surface area (Å²) in [5.41, 5.74) is 5.79. The fourth-order valence-corrected chi connectivity index (χ4v) is 2.00. The van der Waals surface area contributed by atoms with Gasteiger partial charge >= 0.3 is 0 Å². The third-order valence-corrected chi connectivity index (χ3v) is 3.05. The summed E-state index contributed by atoms with van der Waals surface area (Å²) in [5.74, 6) is 3.97. The van der Waals surface area contributed by atoms with Gasteiger partial charge in [0.15, 0.2) is 0 Å². The fourth-order valence-electron chi connectivity index (χ4n) is 0.991. The molecule has 1 rings (SSSR count). The van der Waals surface area contributed by atoms with Gasteiger partial charge in [-0.3, -0.25) is 0 Å². The Morgan fingerprint density at radius 1 is 1.54 bits per heavy atom. The molecule has 0 aromatic carbocycles. The molecule has 0 bridgehead atoms. The van der Waals surface area contributed by atoms with E-state index in [1.807, 2.05) is 30.8 Å². The zero-order valence-corrected chi connectivity index (χ0v) is 9.06. The van der Waals surface area contributed by atoms with Crippen LogP contribution in [-0.4, -0.2) is 11.8 Å². The highest BCUT2D eigenvalue weighted by molar-refractivity contribution is 7.98. The van der Waals surface area contributed by atoms with Crippen molar-refractivity contribution < 1.29 is 4.42 Å².